The third-order valence-electron chi connectivity index (χ3n) is 3.49. The number of hydrogen-bond donors (Lipinski definition) is 1. The van der Waals surface area contributed by atoms with Crippen LogP contribution in [0.2, 0.25) is 0 Å². The summed E-state index contributed by atoms with van der Waals surface area (Å²) in [6.45, 7) is 1.58. The topological polar surface area (TPSA) is 89.7 Å². The minimum Gasteiger partial charge on any atom is -0.478 e. The summed E-state index contributed by atoms with van der Waals surface area (Å²) in [6, 6.07) is 9.88. The Kier molecular flexibility index (Phi) is 6.70. The molecule has 0 bridgehead atoms. The Bertz CT molecular complexity index is 880. The van der Waals surface area contributed by atoms with Crippen LogP contribution < -0.4 is 4.74 Å². The van der Waals surface area contributed by atoms with E-state index in [0.29, 0.717) is 16.9 Å². The molecule has 0 aromatic heterocycles. The minimum atomic E-state index is -1.12. The van der Waals surface area contributed by atoms with Crippen LogP contribution in [0.1, 0.15) is 12.5 Å². The Morgan fingerprint density at radius 2 is 1.96 bits per heavy atom. The highest BCUT2D eigenvalue weighted by Gasteiger charge is 2.15. The molecule has 136 valence electrons. The predicted octanol–water partition coefficient (Wildman–Crippen LogP) is 5.32. The maximum atomic E-state index is 11.2. The third kappa shape index (κ3) is 4.80. The molecule has 0 radical (unpaired) electrons. The molecule has 0 aliphatic carbocycles. The quantitative estimate of drug-likeness (QED) is 0.296. The number of aliphatic carboxylic acids is 1. The van der Waals surface area contributed by atoms with Gasteiger partial charge in [-0.25, -0.2) is 4.79 Å². The number of nitro benzene ring substituents is 1. The normalized spacial score (nSPS) is 11.3. The lowest BCUT2D eigenvalue weighted by Crippen LogP contribution is -1.95. The number of carboxylic acids is 1. The van der Waals surface area contributed by atoms with Gasteiger partial charge in [-0.2, -0.15) is 0 Å². The van der Waals surface area contributed by atoms with Gasteiger partial charge in [-0.1, -0.05) is 6.07 Å². The van der Waals surface area contributed by atoms with Crippen molar-refractivity contribution in [2.45, 2.75) is 16.7 Å². The van der Waals surface area contributed by atoms with E-state index in [1.165, 1.54) is 23.9 Å². The maximum Gasteiger partial charge on any atom is 0.328 e. The first-order valence-corrected chi connectivity index (χ1v) is 9.90. The van der Waals surface area contributed by atoms with E-state index in [1.54, 1.807) is 30.8 Å². The van der Waals surface area contributed by atoms with Gasteiger partial charge in [-0.15, -0.1) is 23.5 Å². The molecule has 0 saturated heterocycles. The van der Waals surface area contributed by atoms with Gasteiger partial charge in [0.05, 0.1) is 15.9 Å². The summed E-state index contributed by atoms with van der Waals surface area (Å²) in [7, 11) is 0. The summed E-state index contributed by atoms with van der Waals surface area (Å²) in [4.78, 5) is 23.6. The van der Waals surface area contributed by atoms with E-state index in [1.807, 2.05) is 24.6 Å². The van der Waals surface area contributed by atoms with E-state index in [4.69, 9.17) is 9.84 Å². The fourth-order valence-corrected chi connectivity index (χ4v) is 3.89. The molecule has 1 N–H and O–H groups in total. The highest BCUT2D eigenvalue weighted by molar-refractivity contribution is 8.01. The van der Waals surface area contributed by atoms with E-state index in [0.717, 1.165) is 15.9 Å². The molecule has 0 aliphatic rings. The van der Waals surface area contributed by atoms with E-state index in [2.05, 4.69) is 0 Å². The predicted molar refractivity (Wildman–Crippen MR) is 104 cm³/mol. The number of carbonyl (C=O) groups is 1. The van der Waals surface area contributed by atoms with Crippen LogP contribution in [0.3, 0.4) is 0 Å². The van der Waals surface area contributed by atoms with Crippen LogP contribution in [0, 0.1) is 10.1 Å². The third-order valence-corrected chi connectivity index (χ3v) is 5.23. The van der Waals surface area contributed by atoms with E-state index in [9.17, 15) is 14.9 Å². The average Bonchev–Trinajstić information content (AvgIpc) is 2.60. The van der Waals surface area contributed by atoms with Crippen molar-refractivity contribution in [2.24, 2.45) is 0 Å². The van der Waals surface area contributed by atoms with Crippen LogP contribution in [0.4, 0.5) is 5.69 Å². The zero-order chi connectivity index (χ0) is 19.3. The fraction of sp³-hybridized carbons (Fsp3) is 0.167. The Morgan fingerprint density at radius 1 is 1.23 bits per heavy atom. The van der Waals surface area contributed by atoms with Crippen molar-refractivity contribution in [1.82, 2.24) is 0 Å². The monoisotopic (exact) mass is 391 g/mol. The first-order valence-electron chi connectivity index (χ1n) is 7.45. The fourth-order valence-electron chi connectivity index (χ4n) is 2.31. The van der Waals surface area contributed by atoms with E-state index < -0.39 is 10.9 Å². The molecule has 8 heteroatoms. The van der Waals surface area contributed by atoms with Crippen LogP contribution in [-0.4, -0.2) is 28.5 Å². The largest absolute Gasteiger partial charge is 0.478 e. The molecule has 0 saturated carbocycles. The van der Waals surface area contributed by atoms with Crippen molar-refractivity contribution in [1.29, 1.82) is 0 Å². The molecule has 0 aliphatic heterocycles. The van der Waals surface area contributed by atoms with Crippen molar-refractivity contribution >= 4 is 40.8 Å². The molecule has 0 unspecified atom stereocenters. The summed E-state index contributed by atoms with van der Waals surface area (Å²) < 4.78 is 5.92. The summed E-state index contributed by atoms with van der Waals surface area (Å²) in [5.74, 6) is -0.245. The maximum absolute atomic E-state index is 11.2. The second-order valence-corrected chi connectivity index (χ2v) is 6.90. The van der Waals surface area contributed by atoms with Gasteiger partial charge in [0, 0.05) is 17.0 Å². The minimum absolute atomic E-state index is 0.164. The van der Waals surface area contributed by atoms with Gasteiger partial charge in [0.1, 0.15) is 11.5 Å². The second kappa shape index (κ2) is 8.77. The zero-order valence-electron chi connectivity index (χ0n) is 14.4. The summed E-state index contributed by atoms with van der Waals surface area (Å²) in [5, 5.41) is 20.1. The molecule has 0 atom stereocenters. The van der Waals surface area contributed by atoms with Crippen LogP contribution in [0.25, 0.3) is 5.57 Å². The average molecular weight is 391 g/mol. The molecule has 0 heterocycles. The Balaban J connectivity index is 2.52. The molecule has 26 heavy (non-hydrogen) atoms. The number of rotatable bonds is 7. The highest BCUT2D eigenvalue weighted by atomic mass is 32.2. The molecule has 2 rings (SSSR count). The second-order valence-electron chi connectivity index (χ2n) is 5.23. The molecular weight excluding hydrogens is 374 g/mol. The van der Waals surface area contributed by atoms with Crippen molar-refractivity contribution in [3.63, 3.8) is 0 Å². The van der Waals surface area contributed by atoms with Gasteiger partial charge in [-0.3, -0.25) is 10.1 Å². The number of benzene rings is 2. The number of thioether (sulfide) groups is 2. The lowest BCUT2D eigenvalue weighted by molar-refractivity contribution is -0.384. The number of ether oxygens (including phenoxy) is 1. The molecule has 6 nitrogen and oxygen atoms in total. The first-order chi connectivity index (χ1) is 12.3. The molecule has 0 fully saturated rings. The van der Waals surface area contributed by atoms with Crippen molar-refractivity contribution < 1.29 is 19.6 Å². The SMILES string of the molecule is CSc1cccc(Oc2cc(C(C)=CC(=O)O)cc([N+](=O)[O-])c2)c1SC. The molecule has 2 aromatic rings. The zero-order valence-corrected chi connectivity index (χ0v) is 16.0. The lowest BCUT2D eigenvalue weighted by atomic mass is 10.1. The van der Waals surface area contributed by atoms with E-state index in [-0.39, 0.29) is 11.4 Å². The van der Waals surface area contributed by atoms with Gasteiger partial charge in [0.25, 0.3) is 5.69 Å². The van der Waals surface area contributed by atoms with Gasteiger partial charge in [-0.05, 0) is 48.8 Å². The van der Waals surface area contributed by atoms with Crippen LogP contribution in [-0.2, 0) is 4.79 Å². The van der Waals surface area contributed by atoms with Gasteiger partial charge < -0.3 is 9.84 Å². The smallest absolute Gasteiger partial charge is 0.328 e. The summed E-state index contributed by atoms with van der Waals surface area (Å²) >= 11 is 3.11. The number of hydrogen-bond acceptors (Lipinski definition) is 6. The Morgan fingerprint density at radius 3 is 2.54 bits per heavy atom. The standard InChI is InChI=1S/C18H17NO5S2/c1-11(7-17(20)21)12-8-13(19(22)23)10-14(9-12)24-15-5-4-6-16(25-2)18(15)26-3/h4-10H,1-3H3,(H,20,21). The molecular formula is C18H17NO5S2. The molecule has 2 aromatic carbocycles. The number of carboxylic acid groups (broad SMARTS) is 1. The van der Waals surface area contributed by atoms with Crippen LogP contribution in [0.5, 0.6) is 11.5 Å². The summed E-state index contributed by atoms with van der Waals surface area (Å²) in [6.07, 6.45) is 4.90. The number of nitro groups is 1. The Hall–Kier alpha value is -2.45. The number of non-ortho nitro benzene ring substituents is 1. The van der Waals surface area contributed by atoms with Crippen molar-refractivity contribution in [3.8, 4) is 11.5 Å². The van der Waals surface area contributed by atoms with E-state index >= 15 is 0 Å². The number of allylic oxidation sites excluding steroid dienone is 1. The highest BCUT2D eigenvalue weighted by Crippen LogP contribution is 2.39. The molecule has 0 amide bonds. The van der Waals surface area contributed by atoms with Gasteiger partial charge >= 0.3 is 5.97 Å². The van der Waals surface area contributed by atoms with Crippen molar-refractivity contribution in [2.75, 3.05) is 12.5 Å². The lowest BCUT2D eigenvalue weighted by Gasteiger charge is -2.13. The van der Waals surface area contributed by atoms with Crippen LogP contribution in [0.15, 0.2) is 52.3 Å². The Labute approximate surface area is 159 Å². The van der Waals surface area contributed by atoms with Crippen LogP contribution >= 0.6 is 23.5 Å². The number of nitrogens with zero attached hydrogens (tertiary/aromatic N) is 1. The first kappa shape index (κ1) is 19.9. The van der Waals surface area contributed by atoms with Crippen molar-refractivity contribution in [3.05, 3.63) is 58.2 Å². The molecule has 0 spiro atoms. The van der Waals surface area contributed by atoms with Gasteiger partial charge in [0.15, 0.2) is 0 Å². The summed E-state index contributed by atoms with van der Waals surface area (Å²) in [5.41, 5.74) is 0.652. The van der Waals surface area contributed by atoms with Gasteiger partial charge in [0.2, 0.25) is 0 Å².